The van der Waals surface area contributed by atoms with Crippen LogP contribution in [0.25, 0.3) is 0 Å². The maximum absolute atomic E-state index is 12.5. The molecule has 0 fully saturated rings. The van der Waals surface area contributed by atoms with E-state index in [2.05, 4.69) is 5.32 Å². The molecule has 1 aromatic rings. The highest BCUT2D eigenvalue weighted by atomic mass is 32.2. The van der Waals surface area contributed by atoms with Gasteiger partial charge in [-0.15, -0.1) is 0 Å². The van der Waals surface area contributed by atoms with E-state index in [-0.39, 0.29) is 22.3 Å². The third kappa shape index (κ3) is 5.91. The second kappa shape index (κ2) is 10.2. The fraction of sp³-hybridized carbons (Fsp3) is 0.529. The Kier molecular flexibility index (Phi) is 8.67. The summed E-state index contributed by atoms with van der Waals surface area (Å²) in [7, 11) is -0.330. The predicted molar refractivity (Wildman–Crippen MR) is 97.7 cm³/mol. The van der Waals surface area contributed by atoms with Crippen LogP contribution in [-0.2, 0) is 24.4 Å². The highest BCUT2D eigenvalue weighted by molar-refractivity contribution is 7.89. The Morgan fingerprint density at radius 1 is 1.19 bits per heavy atom. The number of hydrogen-bond donors (Lipinski definition) is 1. The molecule has 10 heteroatoms. The Morgan fingerprint density at radius 3 is 2.33 bits per heavy atom. The topological polar surface area (TPSA) is 111 Å². The third-order valence-corrected chi connectivity index (χ3v) is 5.66. The van der Waals surface area contributed by atoms with Crippen LogP contribution in [0, 0.1) is 0 Å². The molecule has 0 aliphatic carbocycles. The van der Waals surface area contributed by atoms with Gasteiger partial charge in [-0.3, -0.25) is 9.63 Å². The van der Waals surface area contributed by atoms with Gasteiger partial charge in [-0.25, -0.2) is 13.2 Å². The number of methoxy groups -OCH3 is 1. The molecular weight excluding hydrogens is 376 g/mol. The maximum atomic E-state index is 12.5. The summed E-state index contributed by atoms with van der Waals surface area (Å²) < 4.78 is 35.6. The van der Waals surface area contributed by atoms with Crippen molar-refractivity contribution >= 4 is 21.9 Å². The van der Waals surface area contributed by atoms with Gasteiger partial charge in [0.15, 0.2) is 6.61 Å². The zero-order valence-corrected chi connectivity index (χ0v) is 17.0. The number of esters is 1. The lowest BCUT2D eigenvalue weighted by Gasteiger charge is -2.17. The summed E-state index contributed by atoms with van der Waals surface area (Å²) in [5, 5.41) is 2.74. The predicted octanol–water partition coefficient (Wildman–Crippen LogP) is 1.34. The first-order valence-corrected chi connectivity index (χ1v) is 9.82. The van der Waals surface area contributed by atoms with Gasteiger partial charge in [0.2, 0.25) is 0 Å². The standard InChI is InChI=1S/C17H26N2O7S/c1-6-13(7-2)18-16(20)11-26-17(21)12-8-9-14(24-4)15(10-12)27(22,23)19(3)25-5/h8-10,13H,6-7,11H2,1-5H3,(H,18,20). The van der Waals surface area contributed by atoms with Crippen molar-refractivity contribution < 1.29 is 32.3 Å². The minimum atomic E-state index is -4.04. The molecule has 9 nitrogen and oxygen atoms in total. The number of rotatable bonds is 10. The number of hydrogen-bond acceptors (Lipinski definition) is 7. The van der Waals surface area contributed by atoms with Crippen LogP contribution >= 0.6 is 0 Å². The maximum Gasteiger partial charge on any atom is 0.338 e. The first-order valence-electron chi connectivity index (χ1n) is 8.38. The van der Waals surface area contributed by atoms with Crippen LogP contribution in [0.2, 0.25) is 0 Å². The number of carbonyl (C=O) groups is 2. The molecule has 0 saturated heterocycles. The first kappa shape index (κ1) is 22.9. The number of carbonyl (C=O) groups excluding carboxylic acids is 2. The summed E-state index contributed by atoms with van der Waals surface area (Å²) in [5.74, 6) is -1.20. The highest BCUT2D eigenvalue weighted by Crippen LogP contribution is 2.27. The van der Waals surface area contributed by atoms with Gasteiger partial charge in [0.1, 0.15) is 10.6 Å². The number of amides is 1. The fourth-order valence-corrected chi connectivity index (χ4v) is 3.37. The summed E-state index contributed by atoms with van der Waals surface area (Å²) >= 11 is 0. The number of benzene rings is 1. The lowest BCUT2D eigenvalue weighted by molar-refractivity contribution is -0.125. The number of sulfonamides is 1. The van der Waals surface area contributed by atoms with E-state index in [0.29, 0.717) is 4.47 Å². The summed E-state index contributed by atoms with van der Waals surface area (Å²) in [6.07, 6.45) is 1.53. The summed E-state index contributed by atoms with van der Waals surface area (Å²) in [6, 6.07) is 3.81. The van der Waals surface area contributed by atoms with Crippen LogP contribution < -0.4 is 10.1 Å². The summed E-state index contributed by atoms with van der Waals surface area (Å²) in [6.45, 7) is 3.43. The van der Waals surface area contributed by atoms with Crippen LogP contribution in [0.1, 0.15) is 37.0 Å². The van der Waals surface area contributed by atoms with Crippen molar-refractivity contribution in [1.29, 1.82) is 0 Å². The molecule has 1 amide bonds. The average Bonchev–Trinajstić information content (AvgIpc) is 2.68. The van der Waals surface area contributed by atoms with E-state index in [9.17, 15) is 18.0 Å². The monoisotopic (exact) mass is 402 g/mol. The largest absolute Gasteiger partial charge is 0.495 e. The lowest BCUT2D eigenvalue weighted by atomic mass is 10.2. The molecule has 1 N–H and O–H groups in total. The Hall–Kier alpha value is -2.17. The molecule has 0 atom stereocenters. The van der Waals surface area contributed by atoms with Crippen molar-refractivity contribution in [1.82, 2.24) is 9.79 Å². The van der Waals surface area contributed by atoms with Gasteiger partial charge in [0, 0.05) is 13.1 Å². The van der Waals surface area contributed by atoms with E-state index in [1.807, 2.05) is 13.8 Å². The molecule has 0 spiro atoms. The van der Waals surface area contributed by atoms with Crippen LogP contribution in [0.5, 0.6) is 5.75 Å². The first-order chi connectivity index (χ1) is 12.7. The minimum Gasteiger partial charge on any atom is -0.495 e. The third-order valence-electron chi connectivity index (χ3n) is 3.96. The van der Waals surface area contributed by atoms with Gasteiger partial charge in [-0.2, -0.15) is 0 Å². The Morgan fingerprint density at radius 2 is 1.81 bits per heavy atom. The number of nitrogens with one attached hydrogen (secondary N) is 1. The van der Waals surface area contributed by atoms with Crippen molar-refractivity contribution in [2.45, 2.75) is 37.6 Å². The molecule has 152 valence electrons. The van der Waals surface area contributed by atoms with E-state index >= 15 is 0 Å². The summed E-state index contributed by atoms with van der Waals surface area (Å²) in [4.78, 5) is 28.5. The second-order valence-corrected chi connectivity index (χ2v) is 7.52. The molecule has 0 saturated carbocycles. The van der Waals surface area contributed by atoms with Gasteiger partial charge in [0.05, 0.1) is 19.8 Å². The van der Waals surface area contributed by atoms with Crippen molar-refractivity contribution in [3.05, 3.63) is 23.8 Å². The number of ether oxygens (including phenoxy) is 2. The van der Waals surface area contributed by atoms with Crippen LogP contribution in [0.3, 0.4) is 0 Å². The molecule has 27 heavy (non-hydrogen) atoms. The molecule has 0 aromatic heterocycles. The van der Waals surface area contributed by atoms with Crippen molar-refractivity contribution in [2.75, 3.05) is 27.9 Å². The average molecular weight is 402 g/mol. The minimum absolute atomic E-state index is 0.0125. The SMILES string of the molecule is CCC(CC)NC(=O)COC(=O)c1ccc(OC)c(S(=O)(=O)N(C)OC)c1. The van der Waals surface area contributed by atoms with Crippen LogP contribution in [0.15, 0.2) is 23.1 Å². The highest BCUT2D eigenvalue weighted by Gasteiger charge is 2.27. The molecule has 0 heterocycles. The lowest BCUT2D eigenvalue weighted by Crippen LogP contribution is -2.36. The van der Waals surface area contributed by atoms with Gasteiger partial charge < -0.3 is 14.8 Å². The van der Waals surface area contributed by atoms with Crippen molar-refractivity contribution in [3.63, 3.8) is 0 Å². The number of hydroxylamine groups is 1. The zero-order chi connectivity index (χ0) is 20.6. The quantitative estimate of drug-likeness (QED) is 0.464. The number of nitrogens with zero attached hydrogens (tertiary/aromatic N) is 1. The van der Waals surface area contributed by atoms with Gasteiger partial charge in [0.25, 0.3) is 15.9 Å². The van der Waals surface area contributed by atoms with Crippen LogP contribution in [0.4, 0.5) is 0 Å². The molecular formula is C17H26N2O7S. The van der Waals surface area contributed by atoms with Crippen molar-refractivity contribution in [2.24, 2.45) is 0 Å². The van der Waals surface area contributed by atoms with Gasteiger partial charge in [-0.05, 0) is 31.0 Å². The zero-order valence-electron chi connectivity index (χ0n) is 16.1. The molecule has 0 aliphatic heterocycles. The van der Waals surface area contributed by atoms with E-state index in [1.165, 1.54) is 33.4 Å². The molecule has 0 bridgehead atoms. The second-order valence-electron chi connectivity index (χ2n) is 5.62. The molecule has 1 rings (SSSR count). The van der Waals surface area contributed by atoms with E-state index in [0.717, 1.165) is 18.9 Å². The Labute approximate surface area is 159 Å². The molecule has 0 unspecified atom stereocenters. The van der Waals surface area contributed by atoms with E-state index in [4.69, 9.17) is 14.3 Å². The summed E-state index contributed by atoms with van der Waals surface area (Å²) in [5.41, 5.74) is -0.0331. The Balaban J connectivity index is 2.96. The molecule has 0 aliphatic rings. The fourth-order valence-electron chi connectivity index (χ4n) is 2.22. The molecule has 0 radical (unpaired) electrons. The normalized spacial score (nSPS) is 11.5. The molecule has 1 aromatic carbocycles. The van der Waals surface area contributed by atoms with Gasteiger partial charge in [-0.1, -0.05) is 18.3 Å². The van der Waals surface area contributed by atoms with Gasteiger partial charge >= 0.3 is 5.97 Å². The Bertz CT molecular complexity index is 761. The van der Waals surface area contributed by atoms with Crippen molar-refractivity contribution in [3.8, 4) is 5.75 Å². The van der Waals surface area contributed by atoms with Crippen LogP contribution in [-0.4, -0.2) is 58.7 Å². The van der Waals surface area contributed by atoms with E-state index in [1.54, 1.807) is 0 Å². The smallest absolute Gasteiger partial charge is 0.338 e. The van der Waals surface area contributed by atoms with E-state index < -0.39 is 28.5 Å².